The van der Waals surface area contributed by atoms with Crippen LogP contribution in [0.15, 0.2) is 67.0 Å². The molecule has 29 heavy (non-hydrogen) atoms. The summed E-state index contributed by atoms with van der Waals surface area (Å²) in [5.41, 5.74) is 4.60. The molecule has 150 valence electrons. The summed E-state index contributed by atoms with van der Waals surface area (Å²) in [6, 6.07) is 18.8. The number of nitrogens with zero attached hydrogens (tertiary/aromatic N) is 3. The van der Waals surface area contributed by atoms with Crippen LogP contribution in [0.4, 0.5) is 0 Å². The molecule has 1 aliphatic heterocycles. The summed E-state index contributed by atoms with van der Waals surface area (Å²) in [6.45, 7) is 3.68. The molecule has 3 heterocycles. The molecule has 4 rings (SSSR count). The van der Waals surface area contributed by atoms with E-state index >= 15 is 0 Å². The van der Waals surface area contributed by atoms with Gasteiger partial charge in [0.2, 0.25) is 0 Å². The molecule has 0 amide bonds. The van der Waals surface area contributed by atoms with Gasteiger partial charge in [0.1, 0.15) is 0 Å². The first-order valence-corrected chi connectivity index (χ1v) is 10.3. The van der Waals surface area contributed by atoms with Gasteiger partial charge in [-0.2, -0.15) is 0 Å². The van der Waals surface area contributed by atoms with Crippen LogP contribution in [0.3, 0.4) is 0 Å². The Morgan fingerprint density at radius 3 is 2.69 bits per heavy atom. The summed E-state index contributed by atoms with van der Waals surface area (Å²) in [5.74, 6) is 0. The van der Waals surface area contributed by atoms with Crippen molar-refractivity contribution in [2.45, 2.75) is 25.4 Å². The summed E-state index contributed by atoms with van der Waals surface area (Å²) >= 11 is 5.74. The van der Waals surface area contributed by atoms with E-state index in [1.165, 1.54) is 16.9 Å². The lowest BCUT2D eigenvalue weighted by molar-refractivity contribution is 0.180. The molecule has 1 aromatic carbocycles. The van der Waals surface area contributed by atoms with Crippen molar-refractivity contribution in [1.82, 2.24) is 19.8 Å². The van der Waals surface area contributed by atoms with Gasteiger partial charge in [-0.25, -0.2) is 0 Å². The molecule has 0 spiro atoms. The monoisotopic (exact) mass is 406 g/mol. The fraction of sp³-hybridized carbons (Fsp3) is 0.304. The zero-order chi connectivity index (χ0) is 20.2. The Hall–Kier alpha value is -2.70. The molecule has 1 N–H and O–H groups in total. The minimum absolute atomic E-state index is 0.0103. The molecule has 0 radical (unpaired) electrons. The van der Waals surface area contributed by atoms with Crippen LogP contribution in [0.1, 0.15) is 35.5 Å². The first-order valence-electron chi connectivity index (χ1n) is 9.91. The Labute approximate surface area is 177 Å². The predicted octanol–water partition coefficient (Wildman–Crippen LogP) is 4.19. The Morgan fingerprint density at radius 2 is 1.93 bits per heavy atom. The van der Waals surface area contributed by atoms with Gasteiger partial charge in [-0.15, -0.1) is 0 Å². The highest BCUT2D eigenvalue weighted by atomic mass is 32.1. The van der Waals surface area contributed by atoms with Gasteiger partial charge in [0.05, 0.1) is 17.8 Å². The van der Waals surface area contributed by atoms with Crippen LogP contribution in [0.25, 0.3) is 5.69 Å². The molecule has 1 aliphatic rings. The highest BCUT2D eigenvalue weighted by molar-refractivity contribution is 7.80. The predicted molar refractivity (Wildman–Crippen MR) is 119 cm³/mol. The van der Waals surface area contributed by atoms with E-state index in [9.17, 15) is 0 Å². The Balaban J connectivity index is 1.77. The third kappa shape index (κ3) is 3.91. The van der Waals surface area contributed by atoms with E-state index in [1.807, 2.05) is 18.3 Å². The quantitative estimate of drug-likeness (QED) is 0.471. The average Bonchev–Trinajstić information content (AvgIpc) is 3.34. The lowest BCUT2D eigenvalue weighted by Crippen LogP contribution is -2.32. The van der Waals surface area contributed by atoms with E-state index in [2.05, 4.69) is 75.4 Å². The van der Waals surface area contributed by atoms with Crippen LogP contribution in [0, 0.1) is 6.92 Å². The molecule has 2 atom stereocenters. The normalized spacial score (nSPS) is 18.8. The zero-order valence-corrected chi connectivity index (χ0v) is 17.6. The smallest absolute Gasteiger partial charge is 0.170 e. The summed E-state index contributed by atoms with van der Waals surface area (Å²) in [7, 11) is 1.73. The molecule has 0 unspecified atom stereocenters. The van der Waals surface area contributed by atoms with E-state index in [4.69, 9.17) is 17.0 Å². The Kier molecular flexibility index (Phi) is 5.92. The molecular weight excluding hydrogens is 380 g/mol. The number of pyridine rings is 1. The van der Waals surface area contributed by atoms with Gasteiger partial charge in [0.15, 0.2) is 5.11 Å². The number of thiocarbonyl (C=S) groups is 1. The van der Waals surface area contributed by atoms with Gasteiger partial charge < -0.3 is 19.5 Å². The maximum atomic E-state index is 5.74. The molecule has 5 nitrogen and oxygen atoms in total. The fourth-order valence-electron chi connectivity index (χ4n) is 4.04. The number of benzene rings is 1. The molecule has 3 aromatic rings. The van der Waals surface area contributed by atoms with Crippen molar-refractivity contribution < 1.29 is 4.74 Å². The van der Waals surface area contributed by atoms with Crippen LogP contribution in [0.5, 0.6) is 0 Å². The zero-order valence-electron chi connectivity index (χ0n) is 16.8. The van der Waals surface area contributed by atoms with Crippen LogP contribution >= 0.6 is 12.2 Å². The standard InChI is InChI=1S/C23H26N4OS/c1-17-9-3-4-11-19(17)26-14-7-12-20(26)22-21(18-10-5-6-13-24-18)25-23(29)27(22)15-8-16-28-2/h3-7,9-14,21-22H,8,15-16H2,1-2H3,(H,25,29)/t21-,22+/m0/s1. The lowest BCUT2D eigenvalue weighted by Gasteiger charge is -2.29. The summed E-state index contributed by atoms with van der Waals surface area (Å²) < 4.78 is 7.55. The largest absolute Gasteiger partial charge is 0.385 e. The van der Waals surface area contributed by atoms with Gasteiger partial charge in [0.25, 0.3) is 0 Å². The second-order valence-electron chi connectivity index (χ2n) is 7.26. The molecule has 0 bridgehead atoms. The van der Waals surface area contributed by atoms with Gasteiger partial charge in [-0.05, 0) is 61.5 Å². The maximum Gasteiger partial charge on any atom is 0.170 e. The number of rotatable bonds is 7. The number of methoxy groups -OCH3 is 1. The van der Waals surface area contributed by atoms with Crippen LogP contribution < -0.4 is 5.32 Å². The van der Waals surface area contributed by atoms with Gasteiger partial charge in [-0.1, -0.05) is 24.3 Å². The Morgan fingerprint density at radius 1 is 1.10 bits per heavy atom. The van der Waals surface area contributed by atoms with E-state index in [1.54, 1.807) is 7.11 Å². The third-order valence-electron chi connectivity index (χ3n) is 5.40. The van der Waals surface area contributed by atoms with Gasteiger partial charge in [0, 0.05) is 44.0 Å². The SMILES string of the molecule is COCCCN1C(=S)N[C@@H](c2ccccn2)[C@H]1c1cccn1-c1ccccc1C. The number of aryl methyl sites for hydroxylation is 1. The maximum absolute atomic E-state index is 5.74. The highest BCUT2D eigenvalue weighted by Crippen LogP contribution is 2.39. The van der Waals surface area contributed by atoms with E-state index < -0.39 is 0 Å². The number of hydrogen-bond acceptors (Lipinski definition) is 3. The van der Waals surface area contributed by atoms with Crippen LogP contribution in [-0.2, 0) is 4.74 Å². The molecule has 1 saturated heterocycles. The molecular formula is C23H26N4OS. The van der Waals surface area contributed by atoms with E-state index in [0.717, 1.165) is 23.8 Å². The summed E-state index contributed by atoms with van der Waals surface area (Å²) in [5, 5.41) is 4.28. The lowest BCUT2D eigenvalue weighted by atomic mass is 10.0. The second-order valence-corrected chi connectivity index (χ2v) is 7.64. The van der Waals surface area contributed by atoms with Crippen LogP contribution in [-0.4, -0.2) is 39.8 Å². The molecule has 0 aliphatic carbocycles. The topological polar surface area (TPSA) is 42.3 Å². The molecule has 6 heteroatoms. The van der Waals surface area contributed by atoms with E-state index in [-0.39, 0.29) is 12.1 Å². The van der Waals surface area contributed by atoms with Crippen molar-refractivity contribution in [3.63, 3.8) is 0 Å². The summed E-state index contributed by atoms with van der Waals surface area (Å²) in [4.78, 5) is 6.90. The number of hydrogen-bond donors (Lipinski definition) is 1. The highest BCUT2D eigenvalue weighted by Gasteiger charge is 2.40. The van der Waals surface area contributed by atoms with Crippen molar-refractivity contribution in [3.8, 4) is 5.69 Å². The number of ether oxygens (including phenoxy) is 1. The van der Waals surface area contributed by atoms with Crippen molar-refractivity contribution in [1.29, 1.82) is 0 Å². The third-order valence-corrected chi connectivity index (χ3v) is 5.76. The van der Waals surface area contributed by atoms with Crippen molar-refractivity contribution >= 4 is 17.3 Å². The number of para-hydroxylation sites is 1. The van der Waals surface area contributed by atoms with Crippen molar-refractivity contribution in [3.05, 3.63) is 83.9 Å². The fourth-order valence-corrected chi connectivity index (χ4v) is 4.37. The summed E-state index contributed by atoms with van der Waals surface area (Å²) in [6.07, 6.45) is 4.88. The number of nitrogens with one attached hydrogen (secondary N) is 1. The molecule has 1 fully saturated rings. The van der Waals surface area contributed by atoms with Gasteiger partial charge in [-0.3, -0.25) is 4.98 Å². The minimum atomic E-state index is -0.0103. The van der Waals surface area contributed by atoms with Crippen molar-refractivity contribution in [2.75, 3.05) is 20.3 Å². The van der Waals surface area contributed by atoms with Crippen molar-refractivity contribution in [2.24, 2.45) is 0 Å². The number of aromatic nitrogens is 2. The first-order chi connectivity index (χ1) is 14.2. The molecule has 0 saturated carbocycles. The molecule has 2 aromatic heterocycles. The first kappa shape index (κ1) is 19.6. The van der Waals surface area contributed by atoms with Crippen LogP contribution in [0.2, 0.25) is 0 Å². The Bertz CT molecular complexity index is 972. The van der Waals surface area contributed by atoms with Gasteiger partial charge >= 0.3 is 0 Å². The minimum Gasteiger partial charge on any atom is -0.385 e. The van der Waals surface area contributed by atoms with E-state index in [0.29, 0.717) is 6.61 Å². The second kappa shape index (κ2) is 8.76. The average molecular weight is 407 g/mol.